The lowest BCUT2D eigenvalue weighted by Crippen LogP contribution is -2.59. The largest absolute Gasteiger partial charge is 0.524 e. The Morgan fingerprint density at radius 3 is 2.04 bits per heavy atom. The van der Waals surface area contributed by atoms with Gasteiger partial charge in [-0.2, -0.15) is 0 Å². The van der Waals surface area contributed by atoms with Gasteiger partial charge in [-0.15, -0.1) is 0 Å². The molecule has 284 valence electrons. The van der Waals surface area contributed by atoms with Crippen LogP contribution in [-0.2, 0) is 44.5 Å². The van der Waals surface area contributed by atoms with Gasteiger partial charge >= 0.3 is 7.82 Å². The topological polar surface area (TPSA) is 310 Å². The maximum atomic E-state index is 14.0. The molecule has 11 N–H and O–H groups in total. The Bertz CT molecular complexity index is 1480. The molecular weight excluding hydrogens is 693 g/mol. The van der Waals surface area contributed by atoms with Crippen LogP contribution < -0.4 is 37.3 Å². The van der Waals surface area contributed by atoms with Gasteiger partial charge in [-0.3, -0.25) is 43.3 Å². The number of aliphatic hydroxyl groups is 1. The molecule has 0 saturated carbocycles. The number of amides is 7. The van der Waals surface area contributed by atoms with E-state index in [1.165, 1.54) is 43.0 Å². The summed E-state index contributed by atoms with van der Waals surface area (Å²) in [5, 5.41) is 19.9. The van der Waals surface area contributed by atoms with Crippen LogP contribution >= 0.6 is 7.82 Å². The third-order valence-electron chi connectivity index (χ3n) is 7.84. The van der Waals surface area contributed by atoms with Crippen LogP contribution in [0.4, 0.5) is 0 Å². The van der Waals surface area contributed by atoms with Crippen molar-refractivity contribution in [3.63, 3.8) is 0 Å². The van der Waals surface area contributed by atoms with Crippen LogP contribution in [0.1, 0.15) is 65.4 Å². The van der Waals surface area contributed by atoms with E-state index in [9.17, 15) is 43.2 Å². The Kier molecular flexibility index (Phi) is 16.0. The molecule has 1 fully saturated rings. The number of carbonyl (C=O) groups is 7. The molecule has 1 unspecified atom stereocenters. The fraction of sp³-hybridized carbons (Fsp3) is 0.581. The summed E-state index contributed by atoms with van der Waals surface area (Å²) >= 11 is 0. The number of hydrogen-bond acceptors (Lipinski definition) is 10. The molecule has 51 heavy (non-hydrogen) atoms. The Labute approximate surface area is 294 Å². The first-order chi connectivity index (χ1) is 23.7. The maximum Gasteiger partial charge on any atom is 0.524 e. The van der Waals surface area contributed by atoms with Crippen molar-refractivity contribution in [1.29, 1.82) is 0 Å². The van der Waals surface area contributed by atoms with Crippen molar-refractivity contribution in [3.05, 3.63) is 29.8 Å². The van der Waals surface area contributed by atoms with Gasteiger partial charge in [-0.1, -0.05) is 26.0 Å². The zero-order valence-electron chi connectivity index (χ0n) is 28.9. The second-order valence-electron chi connectivity index (χ2n) is 12.8. The Morgan fingerprint density at radius 2 is 1.53 bits per heavy atom. The molecule has 0 radical (unpaired) electrons. The summed E-state index contributed by atoms with van der Waals surface area (Å²) in [6.07, 6.45) is -1.21. The van der Waals surface area contributed by atoms with Crippen molar-refractivity contribution in [2.45, 2.75) is 103 Å². The minimum atomic E-state index is -4.79. The highest BCUT2D eigenvalue weighted by Gasteiger charge is 2.40. The van der Waals surface area contributed by atoms with Gasteiger partial charge in [0.05, 0.1) is 6.10 Å². The van der Waals surface area contributed by atoms with E-state index < -0.39 is 85.5 Å². The van der Waals surface area contributed by atoms with E-state index in [1.54, 1.807) is 0 Å². The second kappa shape index (κ2) is 19.1. The Balaban J connectivity index is 2.26. The summed E-state index contributed by atoms with van der Waals surface area (Å²) in [6, 6.07) is -0.763. The fourth-order valence-corrected chi connectivity index (χ4v) is 5.89. The summed E-state index contributed by atoms with van der Waals surface area (Å²) in [5.41, 5.74) is 11.0. The molecule has 1 saturated heterocycles. The van der Waals surface area contributed by atoms with Gasteiger partial charge in [0.1, 0.15) is 36.0 Å². The van der Waals surface area contributed by atoms with Gasteiger partial charge < -0.3 is 47.3 Å². The van der Waals surface area contributed by atoms with Crippen molar-refractivity contribution in [2.24, 2.45) is 17.4 Å². The molecule has 1 aliphatic heterocycles. The second-order valence-corrected chi connectivity index (χ2v) is 13.9. The van der Waals surface area contributed by atoms with E-state index in [0.717, 1.165) is 0 Å². The Morgan fingerprint density at radius 1 is 0.922 bits per heavy atom. The number of rotatable bonds is 19. The van der Waals surface area contributed by atoms with Gasteiger partial charge in [0.25, 0.3) is 0 Å². The highest BCUT2D eigenvalue weighted by molar-refractivity contribution is 7.46. The normalized spacial score (nSPS) is 17.3. The molecule has 1 aliphatic rings. The summed E-state index contributed by atoms with van der Waals surface area (Å²) in [6.45, 7) is 6.22. The first kappa shape index (κ1) is 42.6. The van der Waals surface area contributed by atoms with Crippen molar-refractivity contribution in [1.82, 2.24) is 26.2 Å². The number of nitrogens with two attached hydrogens (primary N) is 2. The summed E-state index contributed by atoms with van der Waals surface area (Å²) in [4.78, 5) is 109. The maximum absolute atomic E-state index is 14.0. The first-order valence-corrected chi connectivity index (χ1v) is 17.8. The number of phosphoric ester groups is 1. The number of aliphatic hydroxyl groups excluding tert-OH is 1. The highest BCUT2D eigenvalue weighted by atomic mass is 31.2. The van der Waals surface area contributed by atoms with Crippen LogP contribution in [0.5, 0.6) is 5.75 Å². The third kappa shape index (κ3) is 14.3. The van der Waals surface area contributed by atoms with E-state index in [2.05, 4.69) is 25.8 Å². The predicted molar refractivity (Wildman–Crippen MR) is 180 cm³/mol. The molecule has 1 aromatic rings. The van der Waals surface area contributed by atoms with Crippen molar-refractivity contribution in [2.75, 3.05) is 6.54 Å². The third-order valence-corrected chi connectivity index (χ3v) is 8.29. The Hall–Kier alpha value is -4.58. The van der Waals surface area contributed by atoms with Gasteiger partial charge in [-0.05, 0) is 56.2 Å². The van der Waals surface area contributed by atoms with Gasteiger partial charge in [0, 0.05) is 26.3 Å². The van der Waals surface area contributed by atoms with Crippen molar-refractivity contribution in [3.8, 4) is 5.75 Å². The van der Waals surface area contributed by atoms with Crippen LogP contribution in [-0.4, -0.2) is 104 Å². The molecule has 19 nitrogen and oxygen atoms in total. The average Bonchev–Trinajstić information content (AvgIpc) is 3.50. The minimum absolute atomic E-state index is 0.0562. The number of likely N-dealkylation sites (tertiary alicyclic amines) is 1. The number of nitrogens with zero attached hydrogens (tertiary/aromatic N) is 1. The molecule has 2 rings (SSSR count). The number of benzene rings is 1. The van der Waals surface area contributed by atoms with Crippen molar-refractivity contribution < 1.29 is 57.5 Å². The zero-order valence-corrected chi connectivity index (χ0v) is 29.8. The lowest BCUT2D eigenvalue weighted by Gasteiger charge is -2.31. The van der Waals surface area contributed by atoms with Crippen LogP contribution in [0.3, 0.4) is 0 Å². The van der Waals surface area contributed by atoms with E-state index in [0.29, 0.717) is 12.0 Å². The van der Waals surface area contributed by atoms with Gasteiger partial charge in [-0.25, -0.2) is 4.57 Å². The fourth-order valence-electron chi connectivity index (χ4n) is 5.49. The van der Waals surface area contributed by atoms with Crippen LogP contribution in [0.2, 0.25) is 0 Å². The van der Waals surface area contributed by atoms with Crippen LogP contribution in [0, 0.1) is 5.92 Å². The lowest BCUT2D eigenvalue weighted by molar-refractivity contribution is -0.143. The minimum Gasteiger partial charge on any atom is -0.404 e. The van der Waals surface area contributed by atoms with Crippen LogP contribution in [0.25, 0.3) is 0 Å². The molecule has 6 atom stereocenters. The number of carbonyl (C=O) groups excluding carboxylic acids is 7. The number of phosphoric acid groups is 1. The summed E-state index contributed by atoms with van der Waals surface area (Å²) < 4.78 is 15.7. The highest BCUT2D eigenvalue weighted by Crippen LogP contribution is 2.37. The molecule has 0 bridgehead atoms. The first-order valence-electron chi connectivity index (χ1n) is 16.3. The quantitative estimate of drug-likeness (QED) is 0.0685. The standard InChI is InChI=1S/C31H48N7O12P/c1-16(2)14-23(36-29(44)22(34-18(4)40)15-19-7-9-20(10-8-19)50-51(47,48)49)31(46)38-13-5-6-24(38)30(45)35-21(11-12-25(32)41)28(43)37-26(17(3)39)27(33)42/h7-10,16-17,21-24,26,39H,5-6,11-15H2,1-4H3,(H2,32,41)(H2,33,42)(H,34,40)(H,35,45)(H,36,44)(H,37,43)(H2,47,48,49)/t17?,21-,22-,23-,24+,26-/m0/s1. The monoisotopic (exact) mass is 741 g/mol. The predicted octanol–water partition coefficient (Wildman–Crippen LogP) is -2.17. The molecule has 1 aromatic carbocycles. The summed E-state index contributed by atoms with van der Waals surface area (Å²) in [7, 11) is -4.79. The molecule has 0 spiro atoms. The van der Waals surface area contributed by atoms with Crippen molar-refractivity contribution >= 4 is 49.2 Å². The lowest BCUT2D eigenvalue weighted by atomic mass is 10.00. The number of hydrogen-bond donors (Lipinski definition) is 9. The number of nitrogens with one attached hydrogen (secondary N) is 4. The number of primary amides is 2. The zero-order chi connectivity index (χ0) is 38.6. The molecule has 0 aromatic heterocycles. The van der Waals surface area contributed by atoms with E-state index >= 15 is 0 Å². The smallest absolute Gasteiger partial charge is 0.404 e. The van der Waals surface area contributed by atoms with Gasteiger partial charge in [0.15, 0.2) is 0 Å². The average molecular weight is 742 g/mol. The molecule has 1 heterocycles. The SMILES string of the molecule is CC(=O)N[C@@H](Cc1ccc(OP(=O)(O)O)cc1)C(=O)N[C@@H](CC(C)C)C(=O)N1CCC[C@@H]1C(=O)N[C@@H](CCC(N)=O)C(=O)N[C@H](C(N)=O)C(C)O. The van der Waals surface area contributed by atoms with Gasteiger partial charge in [0.2, 0.25) is 41.4 Å². The molecular formula is C31H48N7O12P. The van der Waals surface area contributed by atoms with E-state index in [1.807, 2.05) is 13.8 Å². The van der Waals surface area contributed by atoms with Crippen LogP contribution in [0.15, 0.2) is 24.3 Å². The van der Waals surface area contributed by atoms with E-state index in [-0.39, 0.29) is 50.3 Å². The molecule has 7 amide bonds. The summed E-state index contributed by atoms with van der Waals surface area (Å²) in [5.74, 6) is -5.50. The molecule has 0 aliphatic carbocycles. The molecule has 20 heteroatoms. The van der Waals surface area contributed by atoms with E-state index in [4.69, 9.17) is 21.3 Å².